The molecule has 6 N–H and O–H groups in total. The van der Waals surface area contributed by atoms with Crippen LogP contribution in [0.4, 0.5) is 0 Å². The first kappa shape index (κ1) is 17.9. The summed E-state index contributed by atoms with van der Waals surface area (Å²) >= 11 is 0. The highest BCUT2D eigenvalue weighted by Gasteiger charge is 2.45. The van der Waals surface area contributed by atoms with Gasteiger partial charge in [-0.2, -0.15) is 0 Å². The SMILES string of the molecule is C=C/C=C\C(C)C(O)(C(O)/C(N)=C\CC)[C@H](C)CN. The summed E-state index contributed by atoms with van der Waals surface area (Å²) in [5.74, 6) is -0.598. The molecule has 0 heterocycles. The molecular formula is C15H28N2O2. The molecule has 0 rings (SSSR count). The lowest BCUT2D eigenvalue weighted by Gasteiger charge is -2.41. The highest BCUT2D eigenvalue weighted by molar-refractivity contribution is 5.16. The molecule has 0 radical (unpaired) electrons. The van der Waals surface area contributed by atoms with E-state index in [-0.39, 0.29) is 24.1 Å². The van der Waals surface area contributed by atoms with Crippen LogP contribution in [0, 0.1) is 11.8 Å². The molecule has 0 aromatic heterocycles. The van der Waals surface area contributed by atoms with Crippen molar-refractivity contribution in [1.29, 1.82) is 0 Å². The van der Waals surface area contributed by atoms with Gasteiger partial charge in [-0.25, -0.2) is 0 Å². The first-order chi connectivity index (χ1) is 8.85. The molecule has 0 amide bonds. The average Bonchev–Trinajstić information content (AvgIpc) is 2.41. The van der Waals surface area contributed by atoms with E-state index in [1.807, 2.05) is 13.8 Å². The second kappa shape index (κ2) is 8.15. The van der Waals surface area contributed by atoms with Crippen LogP contribution in [0.3, 0.4) is 0 Å². The van der Waals surface area contributed by atoms with Gasteiger partial charge in [-0.1, -0.05) is 51.7 Å². The van der Waals surface area contributed by atoms with E-state index in [1.165, 1.54) is 0 Å². The molecule has 3 unspecified atom stereocenters. The molecule has 0 aliphatic carbocycles. The minimum absolute atomic E-state index is 0.263. The van der Waals surface area contributed by atoms with Crippen LogP contribution in [0.2, 0.25) is 0 Å². The Balaban J connectivity index is 5.45. The van der Waals surface area contributed by atoms with Crippen molar-refractivity contribution < 1.29 is 10.2 Å². The maximum absolute atomic E-state index is 10.9. The lowest BCUT2D eigenvalue weighted by atomic mass is 9.73. The van der Waals surface area contributed by atoms with Gasteiger partial charge in [0.2, 0.25) is 0 Å². The van der Waals surface area contributed by atoms with Gasteiger partial charge in [0, 0.05) is 17.5 Å². The molecule has 0 aliphatic heterocycles. The summed E-state index contributed by atoms with van der Waals surface area (Å²) in [5.41, 5.74) is 10.4. The number of allylic oxidation sites excluding steroid dienone is 3. The maximum Gasteiger partial charge on any atom is 0.122 e. The molecule has 0 bridgehead atoms. The summed E-state index contributed by atoms with van der Waals surface area (Å²) in [6, 6.07) is 0. The Morgan fingerprint density at radius 2 is 2.00 bits per heavy atom. The van der Waals surface area contributed by atoms with Crippen LogP contribution in [0.25, 0.3) is 0 Å². The van der Waals surface area contributed by atoms with E-state index in [2.05, 4.69) is 6.58 Å². The summed E-state index contributed by atoms with van der Waals surface area (Å²) in [5, 5.41) is 21.3. The Bertz CT molecular complexity index is 339. The molecule has 0 saturated heterocycles. The molecule has 0 spiro atoms. The molecule has 0 aliphatic rings. The normalized spacial score (nSPS) is 20.8. The second-order valence-corrected chi connectivity index (χ2v) is 4.95. The average molecular weight is 268 g/mol. The number of aliphatic hydroxyl groups excluding tert-OH is 1. The molecule has 0 saturated carbocycles. The van der Waals surface area contributed by atoms with E-state index in [1.54, 1.807) is 31.2 Å². The van der Waals surface area contributed by atoms with E-state index in [9.17, 15) is 10.2 Å². The quantitative estimate of drug-likeness (QED) is 0.499. The molecule has 4 atom stereocenters. The van der Waals surface area contributed by atoms with Gasteiger partial charge in [-0.05, 0) is 13.0 Å². The molecular weight excluding hydrogens is 240 g/mol. The van der Waals surface area contributed by atoms with Gasteiger partial charge in [0.1, 0.15) is 11.7 Å². The van der Waals surface area contributed by atoms with Crippen molar-refractivity contribution in [3.8, 4) is 0 Å². The van der Waals surface area contributed by atoms with Crippen LogP contribution in [-0.4, -0.2) is 28.5 Å². The number of hydrogen-bond donors (Lipinski definition) is 4. The lowest BCUT2D eigenvalue weighted by molar-refractivity contribution is -0.116. The standard InChI is InChI=1S/C15H28N2O2/c1-5-7-9-11(3)15(19,12(4)10-16)14(18)13(17)8-6-2/h5,7-9,11-12,14,18-19H,1,6,10,16-17H2,2-4H3/b9-7-,13-8+/t11?,12-,14?,15?/m1/s1. The summed E-state index contributed by atoms with van der Waals surface area (Å²) in [7, 11) is 0. The van der Waals surface area contributed by atoms with Gasteiger partial charge in [-0.15, -0.1) is 0 Å². The first-order valence-electron chi connectivity index (χ1n) is 6.71. The van der Waals surface area contributed by atoms with Gasteiger partial charge in [0.25, 0.3) is 0 Å². The minimum Gasteiger partial charge on any atom is -0.400 e. The molecule has 4 nitrogen and oxygen atoms in total. The highest BCUT2D eigenvalue weighted by Crippen LogP contribution is 2.33. The largest absolute Gasteiger partial charge is 0.400 e. The first-order valence-corrected chi connectivity index (χ1v) is 6.71. The van der Waals surface area contributed by atoms with Gasteiger partial charge >= 0.3 is 0 Å². The van der Waals surface area contributed by atoms with Crippen molar-refractivity contribution in [3.05, 3.63) is 36.6 Å². The predicted octanol–water partition coefficient (Wildman–Crippen LogP) is 1.30. The van der Waals surface area contributed by atoms with Gasteiger partial charge < -0.3 is 21.7 Å². The van der Waals surface area contributed by atoms with Crippen LogP contribution in [0.1, 0.15) is 27.2 Å². The van der Waals surface area contributed by atoms with E-state index < -0.39 is 11.7 Å². The molecule has 0 aromatic rings. The van der Waals surface area contributed by atoms with E-state index in [0.29, 0.717) is 6.42 Å². The minimum atomic E-state index is -1.40. The second-order valence-electron chi connectivity index (χ2n) is 4.95. The van der Waals surface area contributed by atoms with Crippen LogP contribution >= 0.6 is 0 Å². The molecule has 0 fully saturated rings. The third-order valence-electron chi connectivity index (χ3n) is 3.60. The van der Waals surface area contributed by atoms with Crippen LogP contribution in [-0.2, 0) is 0 Å². The number of hydrogen-bond acceptors (Lipinski definition) is 4. The van der Waals surface area contributed by atoms with Crippen LogP contribution in [0.5, 0.6) is 0 Å². The Morgan fingerprint density at radius 1 is 1.42 bits per heavy atom. The van der Waals surface area contributed by atoms with Gasteiger partial charge in [0.05, 0.1) is 0 Å². The fraction of sp³-hybridized carbons (Fsp3) is 0.600. The van der Waals surface area contributed by atoms with Crippen molar-refractivity contribution >= 4 is 0 Å². The number of aliphatic hydroxyl groups is 2. The summed E-state index contributed by atoms with van der Waals surface area (Å²) < 4.78 is 0. The monoisotopic (exact) mass is 268 g/mol. The lowest BCUT2D eigenvalue weighted by Crippen LogP contribution is -2.56. The van der Waals surface area contributed by atoms with Crippen LogP contribution in [0.15, 0.2) is 36.6 Å². The summed E-state index contributed by atoms with van der Waals surface area (Å²) in [6.07, 6.45) is 6.43. The van der Waals surface area contributed by atoms with Crippen molar-refractivity contribution in [2.45, 2.75) is 38.9 Å². The Labute approximate surface area is 116 Å². The summed E-state index contributed by atoms with van der Waals surface area (Å²) in [4.78, 5) is 0. The Morgan fingerprint density at radius 3 is 2.42 bits per heavy atom. The third kappa shape index (κ3) is 4.20. The zero-order valence-electron chi connectivity index (χ0n) is 12.2. The zero-order valence-corrected chi connectivity index (χ0v) is 12.2. The fourth-order valence-electron chi connectivity index (χ4n) is 2.17. The third-order valence-corrected chi connectivity index (χ3v) is 3.60. The van der Waals surface area contributed by atoms with Crippen molar-refractivity contribution in [1.82, 2.24) is 0 Å². The number of rotatable bonds is 8. The number of nitrogens with two attached hydrogens (primary N) is 2. The smallest absolute Gasteiger partial charge is 0.122 e. The van der Waals surface area contributed by atoms with E-state index in [4.69, 9.17) is 11.5 Å². The van der Waals surface area contributed by atoms with Gasteiger partial charge in [-0.3, -0.25) is 0 Å². The topological polar surface area (TPSA) is 92.5 Å². The van der Waals surface area contributed by atoms with E-state index in [0.717, 1.165) is 0 Å². The van der Waals surface area contributed by atoms with Crippen LogP contribution < -0.4 is 11.5 Å². The fourth-order valence-corrected chi connectivity index (χ4v) is 2.17. The Kier molecular flexibility index (Phi) is 7.68. The van der Waals surface area contributed by atoms with Crippen molar-refractivity contribution in [3.63, 3.8) is 0 Å². The maximum atomic E-state index is 10.9. The molecule has 110 valence electrons. The molecule has 4 heteroatoms. The van der Waals surface area contributed by atoms with Crippen molar-refractivity contribution in [2.75, 3.05) is 6.54 Å². The van der Waals surface area contributed by atoms with Crippen molar-refractivity contribution in [2.24, 2.45) is 23.3 Å². The molecule has 19 heavy (non-hydrogen) atoms. The summed E-state index contributed by atoms with van der Waals surface area (Å²) in [6.45, 7) is 9.42. The zero-order chi connectivity index (χ0) is 15.1. The predicted molar refractivity (Wildman–Crippen MR) is 80.2 cm³/mol. The van der Waals surface area contributed by atoms with E-state index >= 15 is 0 Å². The highest BCUT2D eigenvalue weighted by atomic mass is 16.3. The molecule has 0 aromatic carbocycles. The Hall–Kier alpha value is -1.10. The van der Waals surface area contributed by atoms with Gasteiger partial charge in [0.15, 0.2) is 0 Å².